The smallest absolute Gasteiger partial charge is 0.296 e. The molecule has 0 spiro atoms. The average molecular weight is 505 g/mol. The highest BCUT2D eigenvalue weighted by Crippen LogP contribution is 2.43. The quantitative estimate of drug-likeness (QED) is 0.353. The number of thiazole rings is 1. The molecule has 0 aliphatic carbocycles. The van der Waals surface area contributed by atoms with Gasteiger partial charge in [-0.2, -0.15) is 0 Å². The zero-order valence-electron chi connectivity index (χ0n) is 20.4. The summed E-state index contributed by atoms with van der Waals surface area (Å²) in [6, 6.07) is 13.7. The molecule has 0 bridgehead atoms. The summed E-state index contributed by atoms with van der Waals surface area (Å²) in [5.41, 5.74) is 1.40. The summed E-state index contributed by atoms with van der Waals surface area (Å²) in [5, 5.41) is 12.9. The Balaban J connectivity index is 1.72. The Bertz CT molecular complexity index is 1280. The van der Waals surface area contributed by atoms with Gasteiger partial charge in [-0.05, 0) is 41.7 Å². The van der Waals surface area contributed by atoms with Crippen molar-refractivity contribution in [3.8, 4) is 11.5 Å². The molecule has 2 heterocycles. The van der Waals surface area contributed by atoms with Crippen LogP contribution in [0.3, 0.4) is 0 Å². The van der Waals surface area contributed by atoms with Crippen molar-refractivity contribution >= 4 is 34.2 Å². The number of ether oxygens (including phenoxy) is 2. The molecule has 1 N–H and O–H groups in total. The molecule has 2 aromatic carbocycles. The third-order valence-electron chi connectivity index (χ3n) is 5.78. The highest BCUT2D eigenvalue weighted by molar-refractivity contribution is 7.13. The van der Waals surface area contributed by atoms with Crippen molar-refractivity contribution in [2.24, 2.45) is 5.92 Å². The minimum atomic E-state index is -0.879. The van der Waals surface area contributed by atoms with Crippen molar-refractivity contribution in [3.05, 3.63) is 88.6 Å². The van der Waals surface area contributed by atoms with Crippen molar-refractivity contribution in [2.45, 2.75) is 26.3 Å². The number of allylic oxidation sites excluding steroid dienone is 1. The van der Waals surface area contributed by atoms with Crippen molar-refractivity contribution in [3.63, 3.8) is 0 Å². The van der Waals surface area contributed by atoms with Crippen LogP contribution >= 0.6 is 11.3 Å². The van der Waals surface area contributed by atoms with Crippen LogP contribution in [0.2, 0.25) is 0 Å². The summed E-state index contributed by atoms with van der Waals surface area (Å²) in [6.07, 6.45) is 5.49. The number of benzene rings is 2. The fraction of sp³-hybridized carbons (Fsp3) is 0.250. The molecule has 1 atom stereocenters. The lowest BCUT2D eigenvalue weighted by atomic mass is 9.95. The zero-order valence-corrected chi connectivity index (χ0v) is 21.2. The van der Waals surface area contributed by atoms with Crippen molar-refractivity contribution in [1.29, 1.82) is 0 Å². The first-order valence-electron chi connectivity index (χ1n) is 11.6. The lowest BCUT2D eigenvalue weighted by Gasteiger charge is -2.25. The van der Waals surface area contributed by atoms with Crippen LogP contribution < -0.4 is 14.4 Å². The number of nitrogens with zero attached hydrogens (tertiary/aromatic N) is 2. The highest BCUT2D eigenvalue weighted by Gasteiger charge is 2.45. The van der Waals surface area contributed by atoms with Crippen LogP contribution in [0.25, 0.3) is 6.08 Å². The van der Waals surface area contributed by atoms with Crippen LogP contribution in [0, 0.1) is 5.92 Å². The standard InChI is InChI=1S/C28H28N2O5S/c1-18(2)13-15-35-22-12-10-20(17-23(22)34-3)25-24(21(31)11-9-19-7-5-4-6-8-19)26(32)27(33)30(25)28-29-14-16-36-28/h4-12,14,16-18,25,32H,13,15H2,1-3H3. The molecule has 1 aliphatic rings. The van der Waals surface area contributed by atoms with Gasteiger partial charge in [-0.1, -0.05) is 56.3 Å². The molecule has 1 unspecified atom stereocenters. The van der Waals surface area contributed by atoms with Gasteiger partial charge in [0.1, 0.15) is 0 Å². The van der Waals surface area contributed by atoms with Gasteiger partial charge in [-0.25, -0.2) is 4.98 Å². The van der Waals surface area contributed by atoms with E-state index in [1.54, 1.807) is 35.9 Å². The van der Waals surface area contributed by atoms with E-state index < -0.39 is 23.5 Å². The minimum absolute atomic E-state index is 0.0158. The summed E-state index contributed by atoms with van der Waals surface area (Å²) < 4.78 is 11.5. The van der Waals surface area contributed by atoms with Gasteiger partial charge in [-0.3, -0.25) is 14.5 Å². The third kappa shape index (κ3) is 5.33. The van der Waals surface area contributed by atoms with Gasteiger partial charge in [0.15, 0.2) is 28.2 Å². The maximum absolute atomic E-state index is 13.3. The first-order chi connectivity index (χ1) is 17.4. The van der Waals surface area contributed by atoms with E-state index in [1.165, 1.54) is 29.4 Å². The van der Waals surface area contributed by atoms with Gasteiger partial charge in [0.05, 0.1) is 25.3 Å². The van der Waals surface area contributed by atoms with Crippen LogP contribution in [0.4, 0.5) is 5.13 Å². The summed E-state index contributed by atoms with van der Waals surface area (Å²) in [5.74, 6) is -0.197. The van der Waals surface area contributed by atoms with E-state index in [4.69, 9.17) is 9.47 Å². The van der Waals surface area contributed by atoms with Gasteiger partial charge in [0, 0.05) is 11.6 Å². The maximum atomic E-state index is 13.3. The number of carbonyl (C=O) groups excluding carboxylic acids is 2. The fourth-order valence-electron chi connectivity index (χ4n) is 3.91. The second kappa shape index (κ2) is 11.2. The van der Waals surface area contributed by atoms with Crippen LogP contribution in [-0.2, 0) is 9.59 Å². The van der Waals surface area contributed by atoms with E-state index in [-0.39, 0.29) is 5.57 Å². The van der Waals surface area contributed by atoms with E-state index >= 15 is 0 Å². The number of ketones is 1. The number of aliphatic hydroxyl groups excluding tert-OH is 1. The fourth-order valence-corrected chi connectivity index (χ4v) is 4.58. The van der Waals surface area contributed by atoms with Gasteiger partial charge in [0.25, 0.3) is 5.91 Å². The largest absolute Gasteiger partial charge is 0.503 e. The molecular formula is C28H28N2O5S. The number of aromatic nitrogens is 1. The lowest BCUT2D eigenvalue weighted by molar-refractivity contribution is -0.117. The molecule has 1 aromatic heterocycles. The van der Waals surface area contributed by atoms with Crippen LogP contribution in [-0.4, -0.2) is 35.5 Å². The maximum Gasteiger partial charge on any atom is 0.296 e. The third-order valence-corrected chi connectivity index (χ3v) is 6.55. The topological polar surface area (TPSA) is 89.0 Å². The number of hydrogen-bond acceptors (Lipinski definition) is 7. The summed E-state index contributed by atoms with van der Waals surface area (Å²) in [4.78, 5) is 32.1. The molecular weight excluding hydrogens is 476 g/mol. The Hall–Kier alpha value is -3.91. The van der Waals surface area contributed by atoms with Gasteiger partial charge in [-0.15, -0.1) is 11.3 Å². The zero-order chi connectivity index (χ0) is 25.7. The number of methoxy groups -OCH3 is 1. The molecule has 3 aromatic rings. The SMILES string of the molecule is COc1cc(C2C(C(=O)C=Cc3ccccc3)=C(O)C(=O)N2c2nccs2)ccc1OCCC(C)C. The summed E-state index contributed by atoms with van der Waals surface area (Å²) in [6.45, 7) is 4.78. The first kappa shape index (κ1) is 25.2. The highest BCUT2D eigenvalue weighted by atomic mass is 32.1. The second-order valence-corrected chi connectivity index (χ2v) is 9.58. The van der Waals surface area contributed by atoms with Crippen molar-refractivity contribution in [2.75, 3.05) is 18.6 Å². The molecule has 36 heavy (non-hydrogen) atoms. The van der Waals surface area contributed by atoms with Crippen molar-refractivity contribution in [1.82, 2.24) is 4.98 Å². The molecule has 0 saturated carbocycles. The van der Waals surface area contributed by atoms with Gasteiger partial charge >= 0.3 is 0 Å². The van der Waals surface area contributed by atoms with E-state index in [0.29, 0.717) is 34.7 Å². The summed E-state index contributed by atoms with van der Waals surface area (Å²) in [7, 11) is 1.54. The molecule has 0 saturated heterocycles. The van der Waals surface area contributed by atoms with Crippen LogP contribution in [0.5, 0.6) is 11.5 Å². The number of amides is 1. The summed E-state index contributed by atoms with van der Waals surface area (Å²) >= 11 is 1.25. The average Bonchev–Trinajstić information content (AvgIpc) is 3.50. The Morgan fingerprint density at radius 3 is 2.64 bits per heavy atom. The normalized spacial score (nSPS) is 15.8. The Morgan fingerprint density at radius 2 is 1.97 bits per heavy atom. The number of carbonyl (C=O) groups is 2. The Labute approximate surface area is 214 Å². The number of hydrogen-bond donors (Lipinski definition) is 1. The predicted octanol–water partition coefficient (Wildman–Crippen LogP) is 5.76. The Morgan fingerprint density at radius 1 is 1.19 bits per heavy atom. The molecule has 0 fully saturated rings. The van der Waals surface area contributed by atoms with Gasteiger partial charge in [0.2, 0.25) is 0 Å². The molecule has 0 radical (unpaired) electrons. The van der Waals surface area contributed by atoms with Crippen molar-refractivity contribution < 1.29 is 24.2 Å². The molecule has 8 heteroatoms. The minimum Gasteiger partial charge on any atom is -0.503 e. The number of anilines is 1. The molecule has 186 valence electrons. The van der Waals surface area contributed by atoms with Crippen LogP contribution in [0.15, 0.2) is 77.5 Å². The van der Waals surface area contributed by atoms with E-state index in [9.17, 15) is 14.7 Å². The van der Waals surface area contributed by atoms with Crippen LogP contribution in [0.1, 0.15) is 37.4 Å². The molecule has 7 nitrogen and oxygen atoms in total. The molecule has 1 aliphatic heterocycles. The second-order valence-electron chi connectivity index (χ2n) is 8.70. The predicted molar refractivity (Wildman–Crippen MR) is 140 cm³/mol. The van der Waals surface area contributed by atoms with Gasteiger partial charge < -0.3 is 14.6 Å². The monoisotopic (exact) mass is 504 g/mol. The van der Waals surface area contributed by atoms with E-state index in [2.05, 4.69) is 18.8 Å². The number of aliphatic hydroxyl groups is 1. The molecule has 1 amide bonds. The molecule has 4 rings (SSSR count). The van der Waals surface area contributed by atoms with E-state index in [0.717, 1.165) is 12.0 Å². The lowest BCUT2D eigenvalue weighted by Crippen LogP contribution is -2.30. The van der Waals surface area contributed by atoms with E-state index in [1.807, 2.05) is 30.3 Å². The Kier molecular flexibility index (Phi) is 7.85. The first-order valence-corrected chi connectivity index (χ1v) is 12.5. The number of rotatable bonds is 10.